The van der Waals surface area contributed by atoms with E-state index in [0.29, 0.717) is 5.69 Å². The van der Waals surface area contributed by atoms with Crippen molar-refractivity contribution in [3.63, 3.8) is 0 Å². The number of anilines is 5. The molecule has 4 rings (SSSR count). The van der Waals surface area contributed by atoms with E-state index in [1.807, 2.05) is 0 Å². The average Bonchev–Trinajstić information content (AvgIpc) is 2.88. The third kappa shape index (κ3) is 5.84. The number of amides is 1. The first kappa shape index (κ1) is 26.8. The number of aromatic nitrogens is 2. The molecule has 0 radical (unpaired) electrons. The second-order valence-electron chi connectivity index (χ2n) is 8.39. The molecule has 0 bridgehead atoms. The van der Waals surface area contributed by atoms with Crippen LogP contribution in [0.1, 0.15) is 24.2 Å². The molecule has 0 spiro atoms. The fourth-order valence-corrected chi connectivity index (χ4v) is 4.79. The summed E-state index contributed by atoms with van der Waals surface area (Å²) in [6, 6.07) is 16.3. The fraction of sp³-hybridized carbons (Fsp3) is 0.115. The van der Waals surface area contributed by atoms with Gasteiger partial charge in [-0.1, -0.05) is 29.8 Å². The number of nitrogens with one attached hydrogen (secondary N) is 3. The molecule has 0 saturated heterocycles. The van der Waals surface area contributed by atoms with E-state index >= 15 is 0 Å². The maximum absolute atomic E-state index is 14.3. The zero-order chi connectivity index (χ0) is 27.4. The first-order chi connectivity index (χ1) is 18.1. The third-order valence-corrected chi connectivity index (χ3v) is 7.95. The molecule has 1 amide bonds. The molecular weight excluding hydrogens is 533 g/mol. The topological polar surface area (TPSA) is 133 Å². The Hall–Kier alpha value is -4.22. The SMILES string of the molecule is CC(C)S(=O)(=O)c1ccccc1Nc1nc(Nc2ccc(O)cc2)ncc1C(=O)Nc1c(F)cccc1Cl. The summed E-state index contributed by atoms with van der Waals surface area (Å²) in [6.07, 6.45) is 1.21. The minimum absolute atomic E-state index is 0.00670. The van der Waals surface area contributed by atoms with E-state index in [-0.39, 0.29) is 44.4 Å². The van der Waals surface area contributed by atoms with Crippen LogP contribution in [0.4, 0.5) is 33.2 Å². The van der Waals surface area contributed by atoms with Gasteiger partial charge in [0.15, 0.2) is 9.84 Å². The second-order valence-corrected chi connectivity index (χ2v) is 11.3. The standard InChI is InChI=1S/C26H23ClFN5O4S/c1-15(2)38(36,37)22-9-4-3-8-21(22)31-24-18(25(35)32-23-19(27)6-5-7-20(23)28)14-29-26(33-24)30-16-10-12-17(34)13-11-16/h3-15,34H,1-2H3,(H,32,35)(H2,29,30,31,33). The molecule has 0 saturated carbocycles. The van der Waals surface area contributed by atoms with E-state index in [9.17, 15) is 22.7 Å². The Balaban J connectivity index is 1.77. The van der Waals surface area contributed by atoms with E-state index in [4.69, 9.17) is 11.6 Å². The normalized spacial score (nSPS) is 11.3. The number of hydrogen-bond acceptors (Lipinski definition) is 8. The molecule has 1 heterocycles. The van der Waals surface area contributed by atoms with Gasteiger partial charge in [0.2, 0.25) is 5.95 Å². The van der Waals surface area contributed by atoms with Crippen molar-refractivity contribution in [1.82, 2.24) is 9.97 Å². The van der Waals surface area contributed by atoms with Gasteiger partial charge in [-0.3, -0.25) is 4.79 Å². The van der Waals surface area contributed by atoms with Crippen LogP contribution in [0.15, 0.2) is 77.8 Å². The highest BCUT2D eigenvalue weighted by atomic mass is 35.5. The minimum atomic E-state index is -3.70. The molecule has 0 atom stereocenters. The second kappa shape index (κ2) is 11.0. The van der Waals surface area contributed by atoms with Crippen LogP contribution in [0.25, 0.3) is 0 Å². The number of sulfone groups is 1. The molecule has 4 aromatic rings. The maximum Gasteiger partial charge on any atom is 0.261 e. The van der Waals surface area contributed by atoms with Gasteiger partial charge in [0, 0.05) is 11.9 Å². The first-order valence-electron chi connectivity index (χ1n) is 11.3. The Labute approximate surface area is 223 Å². The highest BCUT2D eigenvalue weighted by molar-refractivity contribution is 7.92. The monoisotopic (exact) mass is 555 g/mol. The zero-order valence-corrected chi connectivity index (χ0v) is 21.8. The van der Waals surface area contributed by atoms with Gasteiger partial charge in [-0.05, 0) is 62.4 Å². The van der Waals surface area contributed by atoms with Crippen LogP contribution in [0.2, 0.25) is 5.02 Å². The molecule has 9 nitrogen and oxygen atoms in total. The molecular formula is C26H23ClFN5O4S. The number of phenolic OH excluding ortho intramolecular Hbond substituents is 1. The molecule has 1 aromatic heterocycles. The van der Waals surface area contributed by atoms with E-state index < -0.39 is 26.8 Å². The molecule has 0 fully saturated rings. The van der Waals surface area contributed by atoms with Crippen LogP contribution in [0.3, 0.4) is 0 Å². The van der Waals surface area contributed by atoms with Crippen molar-refractivity contribution in [2.45, 2.75) is 24.0 Å². The highest BCUT2D eigenvalue weighted by Gasteiger charge is 2.24. The van der Waals surface area contributed by atoms with Gasteiger partial charge in [-0.25, -0.2) is 17.8 Å². The van der Waals surface area contributed by atoms with Gasteiger partial charge in [0.25, 0.3) is 5.91 Å². The molecule has 38 heavy (non-hydrogen) atoms. The molecule has 0 aliphatic rings. The predicted octanol–water partition coefficient (Wildman–Crippen LogP) is 5.90. The summed E-state index contributed by atoms with van der Waals surface area (Å²) in [4.78, 5) is 21.8. The first-order valence-corrected chi connectivity index (χ1v) is 13.3. The predicted molar refractivity (Wildman–Crippen MR) is 145 cm³/mol. The molecule has 196 valence electrons. The lowest BCUT2D eigenvalue weighted by atomic mass is 10.2. The van der Waals surface area contributed by atoms with E-state index in [2.05, 4.69) is 25.9 Å². The Morgan fingerprint density at radius 3 is 2.39 bits per heavy atom. The molecule has 0 aliphatic heterocycles. The fourth-order valence-electron chi connectivity index (χ4n) is 3.37. The van der Waals surface area contributed by atoms with Crippen molar-refractivity contribution < 1.29 is 22.7 Å². The number of carbonyl (C=O) groups excluding carboxylic acids is 1. The molecule has 0 aliphatic carbocycles. The average molecular weight is 556 g/mol. The van der Waals surface area contributed by atoms with Gasteiger partial charge in [-0.2, -0.15) is 4.98 Å². The van der Waals surface area contributed by atoms with E-state index in [1.54, 1.807) is 44.2 Å². The van der Waals surface area contributed by atoms with Crippen LogP contribution in [0, 0.1) is 5.82 Å². The quantitative estimate of drug-likeness (QED) is 0.198. The number of para-hydroxylation sites is 2. The van der Waals surface area contributed by atoms with Gasteiger partial charge < -0.3 is 21.1 Å². The summed E-state index contributed by atoms with van der Waals surface area (Å²) in [5, 5.41) is 17.1. The lowest BCUT2D eigenvalue weighted by Crippen LogP contribution is -2.18. The van der Waals surface area contributed by atoms with Gasteiger partial charge in [0.1, 0.15) is 22.9 Å². The van der Waals surface area contributed by atoms with Crippen molar-refractivity contribution in [2.75, 3.05) is 16.0 Å². The maximum atomic E-state index is 14.3. The number of carbonyl (C=O) groups is 1. The number of halogens is 2. The van der Waals surface area contributed by atoms with Crippen molar-refractivity contribution in [1.29, 1.82) is 0 Å². The Morgan fingerprint density at radius 1 is 1.00 bits per heavy atom. The number of benzene rings is 3. The largest absolute Gasteiger partial charge is 0.508 e. The summed E-state index contributed by atoms with van der Waals surface area (Å²) in [7, 11) is -3.70. The lowest BCUT2D eigenvalue weighted by molar-refractivity contribution is 0.102. The molecule has 12 heteroatoms. The molecule has 3 aromatic carbocycles. The van der Waals surface area contributed by atoms with Crippen molar-refractivity contribution in [3.8, 4) is 5.75 Å². The summed E-state index contributed by atoms with van der Waals surface area (Å²) in [5.74, 6) is -1.42. The summed E-state index contributed by atoms with van der Waals surface area (Å²) in [6.45, 7) is 3.13. The number of nitrogens with zero attached hydrogens (tertiary/aromatic N) is 2. The summed E-state index contributed by atoms with van der Waals surface area (Å²) >= 11 is 6.06. The minimum Gasteiger partial charge on any atom is -0.508 e. The zero-order valence-electron chi connectivity index (χ0n) is 20.2. The van der Waals surface area contributed by atoms with Crippen LogP contribution < -0.4 is 16.0 Å². The smallest absolute Gasteiger partial charge is 0.261 e. The lowest BCUT2D eigenvalue weighted by Gasteiger charge is -2.17. The summed E-state index contributed by atoms with van der Waals surface area (Å²) in [5.41, 5.74) is 0.414. The highest BCUT2D eigenvalue weighted by Crippen LogP contribution is 2.31. The van der Waals surface area contributed by atoms with Crippen molar-refractivity contribution in [3.05, 3.63) is 89.3 Å². The van der Waals surface area contributed by atoms with Crippen molar-refractivity contribution >= 4 is 56.2 Å². The Morgan fingerprint density at radius 2 is 1.71 bits per heavy atom. The van der Waals surface area contributed by atoms with Crippen LogP contribution in [-0.2, 0) is 9.84 Å². The Kier molecular flexibility index (Phi) is 7.79. The number of hydrogen-bond donors (Lipinski definition) is 4. The van der Waals surface area contributed by atoms with Crippen LogP contribution in [0.5, 0.6) is 5.75 Å². The van der Waals surface area contributed by atoms with E-state index in [0.717, 1.165) is 6.07 Å². The Bertz CT molecular complexity index is 1580. The van der Waals surface area contributed by atoms with Gasteiger partial charge in [0.05, 0.1) is 26.5 Å². The van der Waals surface area contributed by atoms with Gasteiger partial charge in [-0.15, -0.1) is 0 Å². The summed E-state index contributed by atoms with van der Waals surface area (Å²) < 4.78 is 40.3. The van der Waals surface area contributed by atoms with Gasteiger partial charge >= 0.3 is 0 Å². The number of phenols is 1. The third-order valence-electron chi connectivity index (χ3n) is 5.43. The van der Waals surface area contributed by atoms with Crippen LogP contribution in [-0.4, -0.2) is 34.6 Å². The molecule has 0 unspecified atom stereocenters. The van der Waals surface area contributed by atoms with Crippen LogP contribution >= 0.6 is 11.6 Å². The van der Waals surface area contributed by atoms with E-state index in [1.165, 1.54) is 36.5 Å². The van der Waals surface area contributed by atoms with Crippen molar-refractivity contribution in [2.24, 2.45) is 0 Å². The number of rotatable bonds is 8. The number of aromatic hydroxyl groups is 1. The molecule has 4 N–H and O–H groups in total.